The predicted octanol–water partition coefficient (Wildman–Crippen LogP) is 4.37. The summed E-state index contributed by atoms with van der Waals surface area (Å²) in [5.74, 6) is 1.23. The Kier molecular flexibility index (Phi) is 6.82. The summed E-state index contributed by atoms with van der Waals surface area (Å²) in [6, 6.07) is 8.59. The highest BCUT2D eigenvalue weighted by Gasteiger charge is 2.36. The SMILES string of the molecule is C[C@@H]1CN(Cc2cc(C(F)(F)F)c3cn(-c4cccc([C@H](c5nncn5C)C5CCC5)c4)c(=O)n3c2)CC[C@H]1O. The molecule has 8 nitrogen and oxygen atoms in total. The summed E-state index contributed by atoms with van der Waals surface area (Å²) in [6.45, 7) is 3.36. The number of aliphatic hydroxyl groups excluding tert-OH is 1. The smallest absolute Gasteiger partial charge is 0.393 e. The van der Waals surface area contributed by atoms with Crippen LogP contribution in [0.25, 0.3) is 11.2 Å². The normalized spacial score (nSPS) is 21.6. The Balaban J connectivity index is 1.41. The Hall–Kier alpha value is -3.44. The summed E-state index contributed by atoms with van der Waals surface area (Å²) in [7, 11) is 1.90. The number of likely N-dealkylation sites (tertiary alicyclic amines) is 1. The number of alkyl halides is 3. The highest BCUT2D eigenvalue weighted by atomic mass is 19.4. The van der Waals surface area contributed by atoms with Gasteiger partial charge in [-0.1, -0.05) is 25.5 Å². The summed E-state index contributed by atoms with van der Waals surface area (Å²) in [4.78, 5) is 15.6. The largest absolute Gasteiger partial charge is 0.418 e. The van der Waals surface area contributed by atoms with Crippen LogP contribution in [0.5, 0.6) is 0 Å². The average Bonchev–Trinajstić information content (AvgIpc) is 3.45. The first-order chi connectivity index (χ1) is 19.1. The number of aliphatic hydroxyl groups is 1. The lowest BCUT2D eigenvalue weighted by molar-refractivity contribution is -0.136. The Morgan fingerprint density at radius 3 is 2.60 bits per heavy atom. The molecular formula is C29H33F3N6O2. The minimum Gasteiger partial charge on any atom is -0.393 e. The van der Waals surface area contributed by atoms with Crippen LogP contribution < -0.4 is 5.69 Å². The molecule has 6 rings (SSSR count). The van der Waals surface area contributed by atoms with Gasteiger partial charge in [0, 0.05) is 45.0 Å². The van der Waals surface area contributed by atoms with Gasteiger partial charge in [0.2, 0.25) is 0 Å². The fourth-order valence-electron chi connectivity index (χ4n) is 6.21. The molecule has 1 aromatic carbocycles. The molecule has 3 atom stereocenters. The highest BCUT2D eigenvalue weighted by Crippen LogP contribution is 2.43. The minimum atomic E-state index is -4.63. The third-order valence-corrected chi connectivity index (χ3v) is 8.63. The highest BCUT2D eigenvalue weighted by molar-refractivity contribution is 5.58. The molecule has 4 aromatic rings. The number of fused-ring (bicyclic) bond motifs is 1. The summed E-state index contributed by atoms with van der Waals surface area (Å²) in [5, 5.41) is 18.4. The molecule has 3 aromatic heterocycles. The van der Waals surface area contributed by atoms with Crippen molar-refractivity contribution in [2.45, 2.75) is 57.3 Å². The van der Waals surface area contributed by atoms with Gasteiger partial charge in [0.25, 0.3) is 0 Å². The number of pyridine rings is 1. The van der Waals surface area contributed by atoms with Gasteiger partial charge in [0.1, 0.15) is 12.2 Å². The number of imidazole rings is 1. The first-order valence-electron chi connectivity index (χ1n) is 13.8. The van der Waals surface area contributed by atoms with Gasteiger partial charge in [0.15, 0.2) is 0 Å². The van der Waals surface area contributed by atoms with E-state index in [2.05, 4.69) is 10.2 Å². The van der Waals surface area contributed by atoms with E-state index >= 15 is 0 Å². The lowest BCUT2D eigenvalue weighted by atomic mass is 9.72. The maximum absolute atomic E-state index is 14.2. The molecule has 4 heterocycles. The number of nitrogens with zero attached hydrogens (tertiary/aromatic N) is 6. The number of rotatable bonds is 6. The van der Waals surface area contributed by atoms with Crippen LogP contribution in [0.15, 0.2) is 53.8 Å². The standard InChI is InChI=1S/C29H33F3N6O2/c1-18-13-36(10-9-25(18)39)14-19-11-23(29(30,31)32)24-16-37(28(40)38(24)15-19)22-8-4-7-21(12-22)26(20-5-3-6-20)27-34-33-17-35(27)2/h4,7-8,11-12,15-18,20,25-26,39H,3,5-6,9-10,13-14H2,1-2H3/t18-,25-,26-/m1/s1. The summed E-state index contributed by atoms with van der Waals surface area (Å²) in [5.41, 5.74) is 0.293. The molecule has 1 saturated carbocycles. The van der Waals surface area contributed by atoms with Crippen molar-refractivity contribution in [2.75, 3.05) is 13.1 Å². The van der Waals surface area contributed by atoms with Crippen LogP contribution in [0.2, 0.25) is 0 Å². The molecular weight excluding hydrogens is 521 g/mol. The third-order valence-electron chi connectivity index (χ3n) is 8.63. The number of hydrogen-bond acceptors (Lipinski definition) is 5. The van der Waals surface area contributed by atoms with E-state index in [0.717, 1.165) is 41.1 Å². The Bertz CT molecular complexity index is 1580. The number of halogens is 3. The average molecular weight is 555 g/mol. The van der Waals surface area contributed by atoms with Crippen LogP contribution in [0, 0.1) is 11.8 Å². The number of benzene rings is 1. The van der Waals surface area contributed by atoms with E-state index < -0.39 is 23.5 Å². The van der Waals surface area contributed by atoms with Gasteiger partial charge in [-0.25, -0.2) is 4.79 Å². The molecule has 2 aliphatic rings. The molecule has 2 fully saturated rings. The Morgan fingerprint density at radius 2 is 1.95 bits per heavy atom. The zero-order chi connectivity index (χ0) is 28.2. The Labute approximate surface area is 229 Å². The van der Waals surface area contributed by atoms with Crippen molar-refractivity contribution in [3.8, 4) is 5.69 Å². The number of piperidine rings is 1. The van der Waals surface area contributed by atoms with Gasteiger partial charge in [-0.2, -0.15) is 13.2 Å². The topological polar surface area (TPSA) is 80.6 Å². The van der Waals surface area contributed by atoms with Crippen LogP contribution in [0.3, 0.4) is 0 Å². The van der Waals surface area contributed by atoms with Crippen molar-refractivity contribution in [3.63, 3.8) is 0 Å². The molecule has 1 N–H and O–H groups in total. The van der Waals surface area contributed by atoms with Crippen LogP contribution in [-0.2, 0) is 19.8 Å². The zero-order valence-electron chi connectivity index (χ0n) is 22.6. The monoisotopic (exact) mass is 554 g/mol. The quantitative estimate of drug-likeness (QED) is 0.383. The molecule has 1 saturated heterocycles. The fourth-order valence-corrected chi connectivity index (χ4v) is 6.21. The molecule has 11 heteroatoms. The summed E-state index contributed by atoms with van der Waals surface area (Å²) < 4.78 is 47.0. The molecule has 0 bridgehead atoms. The molecule has 1 aliphatic carbocycles. The molecule has 212 valence electrons. The lowest BCUT2D eigenvalue weighted by Gasteiger charge is -2.34. The van der Waals surface area contributed by atoms with Gasteiger partial charge in [0.05, 0.1) is 22.9 Å². The molecule has 1 aliphatic heterocycles. The summed E-state index contributed by atoms with van der Waals surface area (Å²) >= 11 is 0. The van der Waals surface area contributed by atoms with Crippen molar-refractivity contribution in [3.05, 3.63) is 82.1 Å². The number of hydrogen-bond donors (Lipinski definition) is 1. The van der Waals surface area contributed by atoms with Crippen molar-refractivity contribution < 1.29 is 18.3 Å². The van der Waals surface area contributed by atoms with E-state index in [4.69, 9.17) is 0 Å². The summed E-state index contributed by atoms with van der Waals surface area (Å²) in [6.07, 6.45) is 3.25. The van der Waals surface area contributed by atoms with Crippen LogP contribution in [-0.4, -0.2) is 52.9 Å². The first-order valence-corrected chi connectivity index (χ1v) is 13.8. The van der Waals surface area contributed by atoms with Crippen LogP contribution in [0.1, 0.15) is 61.0 Å². The van der Waals surface area contributed by atoms with Crippen molar-refractivity contribution >= 4 is 5.52 Å². The van der Waals surface area contributed by atoms with E-state index in [9.17, 15) is 23.1 Å². The maximum Gasteiger partial charge on any atom is 0.418 e. The van der Waals surface area contributed by atoms with Crippen LogP contribution >= 0.6 is 0 Å². The Morgan fingerprint density at radius 1 is 1.15 bits per heavy atom. The predicted molar refractivity (Wildman–Crippen MR) is 143 cm³/mol. The fraction of sp³-hybridized carbons (Fsp3) is 0.483. The third kappa shape index (κ3) is 4.85. The molecule has 0 unspecified atom stereocenters. The minimum absolute atomic E-state index is 0.0169. The van der Waals surface area contributed by atoms with Gasteiger partial charge in [-0.15, -0.1) is 10.2 Å². The maximum atomic E-state index is 14.2. The van der Waals surface area contributed by atoms with E-state index in [1.807, 2.05) is 41.6 Å². The molecule has 0 spiro atoms. The molecule has 40 heavy (non-hydrogen) atoms. The number of aromatic nitrogens is 5. The zero-order valence-corrected chi connectivity index (χ0v) is 22.6. The first kappa shape index (κ1) is 26.8. The van der Waals surface area contributed by atoms with Gasteiger partial charge < -0.3 is 9.67 Å². The second-order valence-electron chi connectivity index (χ2n) is 11.4. The second kappa shape index (κ2) is 10.2. The number of aryl methyl sites for hydroxylation is 1. The van der Waals surface area contributed by atoms with Crippen molar-refractivity contribution in [1.29, 1.82) is 0 Å². The van der Waals surface area contributed by atoms with Gasteiger partial charge in [-0.05, 0) is 60.4 Å². The second-order valence-corrected chi connectivity index (χ2v) is 11.4. The van der Waals surface area contributed by atoms with Gasteiger partial charge in [-0.3, -0.25) is 13.9 Å². The van der Waals surface area contributed by atoms with E-state index in [0.29, 0.717) is 36.7 Å². The van der Waals surface area contributed by atoms with E-state index in [1.165, 1.54) is 17.0 Å². The van der Waals surface area contributed by atoms with E-state index in [1.54, 1.807) is 12.4 Å². The van der Waals surface area contributed by atoms with Crippen LogP contribution in [0.4, 0.5) is 13.2 Å². The molecule has 0 amide bonds. The lowest BCUT2D eigenvalue weighted by Crippen LogP contribution is -2.41. The van der Waals surface area contributed by atoms with Gasteiger partial charge >= 0.3 is 11.9 Å². The van der Waals surface area contributed by atoms with Crippen molar-refractivity contribution in [2.24, 2.45) is 18.9 Å². The van der Waals surface area contributed by atoms with Crippen molar-refractivity contribution in [1.82, 2.24) is 28.6 Å². The molecule has 0 radical (unpaired) electrons. The van der Waals surface area contributed by atoms with E-state index in [-0.39, 0.29) is 23.9 Å².